The predicted octanol–water partition coefficient (Wildman–Crippen LogP) is -2.18. The molecule has 20 nitrogen and oxygen atoms in total. The van der Waals surface area contributed by atoms with E-state index in [0.29, 0.717) is 10.1 Å². The summed E-state index contributed by atoms with van der Waals surface area (Å²) in [5.74, 6) is -0.918. The molecule has 216 valence electrons. The van der Waals surface area contributed by atoms with Gasteiger partial charge in [-0.3, -0.25) is 28.6 Å². The maximum Gasteiger partial charge on any atom is 0.490 e. The van der Waals surface area contributed by atoms with Crippen molar-refractivity contribution in [2.24, 2.45) is 0 Å². The van der Waals surface area contributed by atoms with Crippen molar-refractivity contribution >= 4 is 29.4 Å². The van der Waals surface area contributed by atoms with E-state index < -0.39 is 77.3 Å². The zero-order valence-corrected chi connectivity index (χ0v) is 21.8. The second-order valence-electron chi connectivity index (χ2n) is 7.68. The SMILES string of the molecule is O=C(NCc1ccncc1)c1cn(C2OC(COP(=O)(O)OP(=O)(O)OP(=O)(O)O)C(O)C2O)c(=O)[nH]c1=O. The molecule has 1 fully saturated rings. The van der Waals surface area contributed by atoms with Gasteiger partial charge in [-0.05, 0) is 17.7 Å². The van der Waals surface area contributed by atoms with Gasteiger partial charge in [0.15, 0.2) is 6.23 Å². The molecule has 2 aromatic heterocycles. The number of rotatable bonds is 11. The Morgan fingerprint density at radius 1 is 1.05 bits per heavy atom. The molecule has 2 aromatic rings. The molecule has 1 amide bonds. The molecule has 6 atom stereocenters. The van der Waals surface area contributed by atoms with Crippen LogP contribution in [0.3, 0.4) is 0 Å². The standard InChI is InChI=1S/C16H21N4O16P3/c21-11-10(7-33-38(29,30)36-39(31,32)35-37(26,27)28)34-15(12(11)22)20-6-9(14(24)19-16(20)25)13(23)18-5-8-1-3-17-4-2-8/h1-4,6,10-12,15,21-22H,5,7H2,(H,18,23)(H,29,30)(H,31,32)(H,19,24,25)(H2,26,27,28). The highest BCUT2D eigenvalue weighted by Gasteiger charge is 2.47. The van der Waals surface area contributed by atoms with Crippen LogP contribution >= 0.6 is 23.5 Å². The second kappa shape index (κ2) is 12.0. The number of ether oxygens (including phenoxy) is 1. The highest BCUT2D eigenvalue weighted by atomic mass is 31.3. The summed E-state index contributed by atoms with van der Waals surface area (Å²) in [7, 11) is -17.0. The van der Waals surface area contributed by atoms with E-state index in [-0.39, 0.29) is 6.54 Å². The first-order valence-corrected chi connectivity index (χ1v) is 14.8. The van der Waals surface area contributed by atoms with Crippen LogP contribution in [0.1, 0.15) is 22.1 Å². The molecular weight excluding hydrogens is 597 g/mol. The monoisotopic (exact) mass is 618 g/mol. The fourth-order valence-corrected chi connectivity index (χ4v) is 6.21. The van der Waals surface area contributed by atoms with Crippen molar-refractivity contribution in [2.75, 3.05) is 6.61 Å². The summed E-state index contributed by atoms with van der Waals surface area (Å²) in [5, 5.41) is 23.0. The maximum atomic E-state index is 12.5. The highest BCUT2D eigenvalue weighted by molar-refractivity contribution is 7.66. The molecule has 0 bridgehead atoms. The minimum Gasteiger partial charge on any atom is -0.387 e. The van der Waals surface area contributed by atoms with Crippen LogP contribution in [0.5, 0.6) is 0 Å². The quantitative estimate of drug-likeness (QED) is 0.124. The molecule has 0 radical (unpaired) electrons. The normalized spacial score (nSPS) is 24.6. The third kappa shape index (κ3) is 8.54. The first kappa shape index (κ1) is 31.1. The Morgan fingerprint density at radius 2 is 1.69 bits per heavy atom. The zero-order chi connectivity index (χ0) is 29.2. The van der Waals surface area contributed by atoms with E-state index in [2.05, 4.69) is 23.4 Å². The molecule has 23 heteroatoms. The maximum absolute atomic E-state index is 12.5. The fraction of sp³-hybridized carbons (Fsp3) is 0.375. The van der Waals surface area contributed by atoms with Crippen molar-refractivity contribution < 1.29 is 66.2 Å². The lowest BCUT2D eigenvalue weighted by Gasteiger charge is -2.19. The zero-order valence-electron chi connectivity index (χ0n) is 19.1. The Kier molecular flexibility index (Phi) is 9.57. The number of carbonyl (C=O) groups excluding carboxylic acids is 1. The van der Waals surface area contributed by atoms with Crippen molar-refractivity contribution in [3.63, 3.8) is 0 Å². The molecule has 3 heterocycles. The lowest BCUT2D eigenvalue weighted by Crippen LogP contribution is -2.41. The number of amides is 1. The summed E-state index contributed by atoms with van der Waals surface area (Å²) in [5.41, 5.74) is -2.19. The molecule has 0 aliphatic carbocycles. The minimum atomic E-state index is -5.81. The molecule has 1 aliphatic heterocycles. The number of aromatic amines is 1. The fourth-order valence-electron chi connectivity index (χ4n) is 3.18. The Hall–Kier alpha value is -2.41. The van der Waals surface area contributed by atoms with Crippen LogP contribution in [0.15, 0.2) is 40.3 Å². The second-order valence-corrected chi connectivity index (χ2v) is 12.1. The third-order valence-electron chi connectivity index (χ3n) is 4.84. The highest BCUT2D eigenvalue weighted by Crippen LogP contribution is 2.66. The number of hydrogen-bond acceptors (Lipinski definition) is 13. The van der Waals surface area contributed by atoms with Gasteiger partial charge < -0.3 is 39.8 Å². The molecule has 8 N–H and O–H groups in total. The number of nitrogens with zero attached hydrogens (tertiary/aromatic N) is 2. The minimum absolute atomic E-state index is 0.0101. The third-order valence-corrected chi connectivity index (χ3v) is 8.65. The number of aliphatic hydroxyl groups is 2. The van der Waals surface area contributed by atoms with Crippen molar-refractivity contribution in [1.29, 1.82) is 0 Å². The van der Waals surface area contributed by atoms with Gasteiger partial charge in [0.2, 0.25) is 0 Å². The molecule has 0 saturated carbocycles. The number of phosphoric acid groups is 3. The number of aliphatic hydroxyl groups excluding tert-OH is 2. The molecule has 6 unspecified atom stereocenters. The van der Waals surface area contributed by atoms with E-state index in [9.17, 15) is 48.1 Å². The number of H-pyrrole nitrogens is 1. The van der Waals surface area contributed by atoms with Crippen LogP contribution in [0.2, 0.25) is 0 Å². The van der Waals surface area contributed by atoms with Gasteiger partial charge in [0.25, 0.3) is 11.5 Å². The molecule has 0 spiro atoms. The first-order valence-electron chi connectivity index (χ1n) is 10.3. The Bertz CT molecular complexity index is 1460. The number of phosphoric ester groups is 1. The van der Waals surface area contributed by atoms with Gasteiger partial charge in [-0.15, -0.1) is 0 Å². The summed E-state index contributed by atoms with van der Waals surface area (Å²) in [4.78, 5) is 78.5. The predicted molar refractivity (Wildman–Crippen MR) is 122 cm³/mol. The first-order chi connectivity index (χ1) is 18.0. The van der Waals surface area contributed by atoms with E-state index >= 15 is 0 Å². The van der Waals surface area contributed by atoms with E-state index in [4.69, 9.17) is 14.5 Å². The van der Waals surface area contributed by atoms with Gasteiger partial charge in [0, 0.05) is 25.1 Å². The van der Waals surface area contributed by atoms with Crippen LogP contribution in [0.25, 0.3) is 0 Å². The molecule has 0 aromatic carbocycles. The molecule has 1 saturated heterocycles. The van der Waals surface area contributed by atoms with Crippen LogP contribution in [0, 0.1) is 0 Å². The van der Waals surface area contributed by atoms with Gasteiger partial charge in [-0.1, -0.05) is 0 Å². The van der Waals surface area contributed by atoms with Gasteiger partial charge in [0.05, 0.1) is 6.61 Å². The van der Waals surface area contributed by atoms with Crippen molar-refractivity contribution in [1.82, 2.24) is 19.9 Å². The van der Waals surface area contributed by atoms with Crippen molar-refractivity contribution in [2.45, 2.75) is 31.1 Å². The lowest BCUT2D eigenvalue weighted by atomic mass is 10.1. The topological polar surface area (TPSA) is 306 Å². The smallest absolute Gasteiger partial charge is 0.387 e. The Labute approximate surface area is 216 Å². The summed E-state index contributed by atoms with van der Waals surface area (Å²) in [6, 6.07) is 3.19. The van der Waals surface area contributed by atoms with Crippen LogP contribution in [0.4, 0.5) is 0 Å². The molecule has 3 rings (SSSR count). The van der Waals surface area contributed by atoms with E-state index in [1.54, 1.807) is 12.1 Å². The Balaban J connectivity index is 1.72. The average molecular weight is 618 g/mol. The molecule has 39 heavy (non-hydrogen) atoms. The number of aromatic nitrogens is 3. The number of hydrogen-bond donors (Lipinski definition) is 8. The molecular formula is C16H21N4O16P3. The number of pyridine rings is 1. The van der Waals surface area contributed by atoms with Gasteiger partial charge >= 0.3 is 29.2 Å². The van der Waals surface area contributed by atoms with Gasteiger partial charge in [-0.25, -0.2) is 18.5 Å². The number of carbonyl (C=O) groups is 1. The van der Waals surface area contributed by atoms with Crippen LogP contribution in [-0.4, -0.2) is 75.1 Å². The van der Waals surface area contributed by atoms with Crippen LogP contribution in [-0.2, 0) is 38.1 Å². The summed E-state index contributed by atoms with van der Waals surface area (Å²) in [6.45, 7) is -1.15. The van der Waals surface area contributed by atoms with Crippen molar-refractivity contribution in [3.8, 4) is 0 Å². The van der Waals surface area contributed by atoms with Gasteiger partial charge in [0.1, 0.15) is 23.9 Å². The van der Waals surface area contributed by atoms with Crippen LogP contribution < -0.4 is 16.6 Å². The number of nitrogens with one attached hydrogen (secondary N) is 2. The molecule has 1 aliphatic rings. The Morgan fingerprint density at radius 3 is 2.31 bits per heavy atom. The largest absolute Gasteiger partial charge is 0.490 e. The summed E-state index contributed by atoms with van der Waals surface area (Å²) in [6.07, 6.45) is -3.66. The van der Waals surface area contributed by atoms with Gasteiger partial charge in [-0.2, -0.15) is 8.62 Å². The van der Waals surface area contributed by atoms with E-state index in [1.165, 1.54) is 12.4 Å². The van der Waals surface area contributed by atoms with E-state index in [1.807, 2.05) is 4.98 Å². The van der Waals surface area contributed by atoms with Crippen molar-refractivity contribution in [3.05, 3.63) is 62.7 Å². The average Bonchev–Trinajstić information content (AvgIpc) is 3.08. The van der Waals surface area contributed by atoms with E-state index in [0.717, 1.165) is 6.20 Å². The summed E-state index contributed by atoms with van der Waals surface area (Å²) < 4.78 is 51.3. The lowest BCUT2D eigenvalue weighted by molar-refractivity contribution is -0.0543. The summed E-state index contributed by atoms with van der Waals surface area (Å²) >= 11 is 0.